The first-order valence-electron chi connectivity index (χ1n) is 18.7. The first-order chi connectivity index (χ1) is 27.3. The monoisotopic (exact) mass is 704 g/mol. The number of hydrogen-bond donors (Lipinski definition) is 1. The average Bonchev–Trinajstić information content (AvgIpc) is 3.61. The normalized spacial score (nSPS) is 14.0. The fraction of sp³-hybridized carbons (Fsp3) is 0.0196. The van der Waals surface area contributed by atoms with Crippen molar-refractivity contribution in [1.29, 1.82) is 0 Å². The largest absolute Gasteiger partial charge is 0.344 e. The van der Waals surface area contributed by atoms with E-state index in [0.29, 0.717) is 5.84 Å². The van der Waals surface area contributed by atoms with Crippen molar-refractivity contribution < 1.29 is 0 Å². The third-order valence-electron chi connectivity index (χ3n) is 10.5. The quantitative estimate of drug-likeness (QED) is 0.176. The molecule has 4 nitrogen and oxygen atoms in total. The fourth-order valence-corrected chi connectivity index (χ4v) is 7.77. The summed E-state index contributed by atoms with van der Waals surface area (Å²) in [5.41, 5.74) is 13.6. The van der Waals surface area contributed by atoms with Gasteiger partial charge in [0, 0.05) is 33.2 Å². The molecule has 1 aromatic heterocycles. The molecule has 1 unspecified atom stereocenters. The summed E-state index contributed by atoms with van der Waals surface area (Å²) in [6, 6.07) is 72.9. The predicted molar refractivity (Wildman–Crippen MR) is 229 cm³/mol. The van der Waals surface area contributed by atoms with Crippen LogP contribution in [0.25, 0.3) is 60.9 Å². The standard InChI is InChI=1S/C51H36N4/c1-4-14-35(15-5-1)37-24-26-40(27-25-37)50-52-49(39-18-8-3-9-19-39)53-51(54-50)45-22-11-10-20-43(45)38-28-31-42(32-29-38)55-47-23-13-12-21-44(47)46-34-41(30-33-48(46)55)36-16-6-2-7-17-36/h1-34,51H,(H,52,53,54). The zero-order chi connectivity index (χ0) is 36.6. The van der Waals surface area contributed by atoms with E-state index in [0.717, 1.165) is 39.3 Å². The molecule has 1 N–H and O–H groups in total. The van der Waals surface area contributed by atoms with E-state index < -0.39 is 0 Å². The fourth-order valence-electron chi connectivity index (χ4n) is 7.77. The van der Waals surface area contributed by atoms with Crippen LogP contribution in [0, 0.1) is 0 Å². The molecule has 1 aliphatic rings. The molecule has 0 spiro atoms. The highest BCUT2D eigenvalue weighted by Gasteiger charge is 2.24. The van der Waals surface area contributed by atoms with Gasteiger partial charge in [0.25, 0.3) is 0 Å². The summed E-state index contributed by atoms with van der Waals surface area (Å²) in [4.78, 5) is 10.3. The first-order valence-corrected chi connectivity index (χ1v) is 18.7. The van der Waals surface area contributed by atoms with E-state index in [-0.39, 0.29) is 6.17 Å². The Kier molecular flexibility index (Phi) is 8.19. The van der Waals surface area contributed by atoms with Crippen molar-refractivity contribution >= 4 is 33.5 Å². The lowest BCUT2D eigenvalue weighted by molar-refractivity contribution is 0.676. The highest BCUT2D eigenvalue weighted by molar-refractivity contribution is 6.13. The lowest BCUT2D eigenvalue weighted by Crippen LogP contribution is -2.33. The van der Waals surface area contributed by atoms with Crippen molar-refractivity contribution in [3.05, 3.63) is 223 Å². The van der Waals surface area contributed by atoms with Crippen molar-refractivity contribution in [3.8, 4) is 39.1 Å². The molecule has 260 valence electrons. The number of rotatable bonds is 7. The van der Waals surface area contributed by atoms with Gasteiger partial charge in [0.15, 0.2) is 5.84 Å². The number of nitrogens with zero attached hydrogens (tertiary/aromatic N) is 3. The summed E-state index contributed by atoms with van der Waals surface area (Å²) in [5, 5.41) is 6.19. The molecule has 0 aliphatic carbocycles. The zero-order valence-electron chi connectivity index (χ0n) is 30.0. The van der Waals surface area contributed by atoms with Crippen molar-refractivity contribution in [2.45, 2.75) is 6.17 Å². The van der Waals surface area contributed by atoms with Crippen LogP contribution < -0.4 is 5.32 Å². The van der Waals surface area contributed by atoms with Crippen LogP contribution in [-0.4, -0.2) is 16.2 Å². The Morgan fingerprint density at radius 3 is 1.65 bits per heavy atom. The maximum absolute atomic E-state index is 5.22. The van der Waals surface area contributed by atoms with E-state index >= 15 is 0 Å². The van der Waals surface area contributed by atoms with Gasteiger partial charge in [-0.2, -0.15) is 0 Å². The summed E-state index contributed by atoms with van der Waals surface area (Å²) in [6.07, 6.45) is -0.344. The Hall–Kier alpha value is -7.30. The molecule has 0 amide bonds. The molecule has 1 aliphatic heterocycles. The molecule has 0 radical (unpaired) electrons. The van der Waals surface area contributed by atoms with E-state index in [4.69, 9.17) is 9.98 Å². The molecule has 2 heterocycles. The van der Waals surface area contributed by atoms with Crippen LogP contribution in [0.5, 0.6) is 0 Å². The van der Waals surface area contributed by atoms with Gasteiger partial charge in [0.1, 0.15) is 12.0 Å². The molecule has 1 atom stereocenters. The van der Waals surface area contributed by atoms with E-state index in [1.807, 2.05) is 24.3 Å². The number of amidine groups is 2. The molecule has 10 rings (SSSR count). The summed E-state index contributed by atoms with van der Waals surface area (Å²) in [6.45, 7) is 0. The molecule has 55 heavy (non-hydrogen) atoms. The number of benzene rings is 8. The number of hydrogen-bond acceptors (Lipinski definition) is 3. The molecule has 0 saturated carbocycles. The molecule has 0 bridgehead atoms. The van der Waals surface area contributed by atoms with Gasteiger partial charge in [-0.05, 0) is 63.7 Å². The highest BCUT2D eigenvalue weighted by Crippen LogP contribution is 2.37. The summed E-state index contributed by atoms with van der Waals surface area (Å²) in [7, 11) is 0. The molecular weight excluding hydrogens is 669 g/mol. The third-order valence-corrected chi connectivity index (χ3v) is 10.5. The minimum Gasteiger partial charge on any atom is -0.344 e. The van der Waals surface area contributed by atoms with Crippen LogP contribution in [0.1, 0.15) is 22.9 Å². The lowest BCUT2D eigenvalue weighted by Gasteiger charge is -2.25. The SMILES string of the molecule is c1ccc(C2=NC(c3ccccc3-c3ccc(-n4c5ccccc5c5cc(-c6ccccc6)ccc54)cc3)NC(c3ccc(-c4ccccc4)cc3)=N2)cc1. The van der Waals surface area contributed by atoms with Crippen molar-refractivity contribution in [2.24, 2.45) is 9.98 Å². The molecule has 8 aromatic carbocycles. The Morgan fingerprint density at radius 1 is 0.400 bits per heavy atom. The molecule has 0 fully saturated rings. The van der Waals surface area contributed by atoms with Crippen molar-refractivity contribution in [1.82, 2.24) is 9.88 Å². The second kappa shape index (κ2) is 13.9. The van der Waals surface area contributed by atoms with Gasteiger partial charge in [-0.25, -0.2) is 9.98 Å². The number of aromatic nitrogens is 1. The van der Waals surface area contributed by atoms with E-state index in [2.05, 4.69) is 192 Å². The third kappa shape index (κ3) is 6.10. The van der Waals surface area contributed by atoms with Crippen LogP contribution in [0.4, 0.5) is 0 Å². The zero-order valence-corrected chi connectivity index (χ0v) is 30.0. The topological polar surface area (TPSA) is 41.7 Å². The predicted octanol–water partition coefficient (Wildman–Crippen LogP) is 12.3. The summed E-state index contributed by atoms with van der Waals surface area (Å²) < 4.78 is 2.38. The lowest BCUT2D eigenvalue weighted by atomic mass is 9.97. The Balaban J connectivity index is 1.02. The van der Waals surface area contributed by atoms with Crippen LogP contribution in [0.2, 0.25) is 0 Å². The maximum Gasteiger partial charge on any atom is 0.159 e. The number of para-hydroxylation sites is 1. The average molecular weight is 705 g/mol. The van der Waals surface area contributed by atoms with Gasteiger partial charge in [0.05, 0.1) is 11.0 Å². The van der Waals surface area contributed by atoms with Crippen LogP contribution >= 0.6 is 0 Å². The minimum absolute atomic E-state index is 0.344. The Morgan fingerprint density at radius 2 is 0.927 bits per heavy atom. The maximum atomic E-state index is 5.22. The van der Waals surface area contributed by atoms with Gasteiger partial charge < -0.3 is 9.88 Å². The second-order valence-corrected chi connectivity index (χ2v) is 13.9. The van der Waals surface area contributed by atoms with E-state index in [1.165, 1.54) is 44.1 Å². The van der Waals surface area contributed by atoms with Crippen molar-refractivity contribution in [2.75, 3.05) is 0 Å². The molecule has 4 heteroatoms. The number of fused-ring (bicyclic) bond motifs is 3. The van der Waals surface area contributed by atoms with Crippen LogP contribution in [0.15, 0.2) is 216 Å². The van der Waals surface area contributed by atoms with Crippen molar-refractivity contribution in [3.63, 3.8) is 0 Å². The van der Waals surface area contributed by atoms with Gasteiger partial charge in [-0.3, -0.25) is 0 Å². The smallest absolute Gasteiger partial charge is 0.159 e. The summed E-state index contributed by atoms with van der Waals surface area (Å²) in [5.74, 6) is 1.50. The van der Waals surface area contributed by atoms with Crippen LogP contribution in [0.3, 0.4) is 0 Å². The molecule has 9 aromatic rings. The molecule has 0 saturated heterocycles. The van der Waals surface area contributed by atoms with Crippen LogP contribution in [-0.2, 0) is 0 Å². The van der Waals surface area contributed by atoms with E-state index in [9.17, 15) is 0 Å². The number of aliphatic imine (C=N–C) groups is 2. The molecular formula is C51H36N4. The van der Waals surface area contributed by atoms with Gasteiger partial charge in [-0.15, -0.1) is 0 Å². The van der Waals surface area contributed by atoms with Gasteiger partial charge in [0.2, 0.25) is 0 Å². The van der Waals surface area contributed by atoms with Gasteiger partial charge in [-0.1, -0.05) is 176 Å². The highest BCUT2D eigenvalue weighted by atomic mass is 15.2. The first kappa shape index (κ1) is 32.4. The van der Waals surface area contributed by atoms with Gasteiger partial charge >= 0.3 is 0 Å². The summed E-state index contributed by atoms with van der Waals surface area (Å²) >= 11 is 0. The minimum atomic E-state index is -0.344. The number of nitrogens with one attached hydrogen (secondary N) is 1. The van der Waals surface area contributed by atoms with E-state index in [1.54, 1.807) is 0 Å². The Labute approximate surface area is 320 Å². The second-order valence-electron chi connectivity index (χ2n) is 13.9. The Bertz CT molecular complexity index is 2850.